The lowest BCUT2D eigenvalue weighted by Gasteiger charge is -2.08. The number of carbonyl (C=O) groups excluding carboxylic acids is 1. The van der Waals surface area contributed by atoms with E-state index in [1.165, 1.54) is 12.3 Å². The zero-order valence-electron chi connectivity index (χ0n) is 17.7. The monoisotopic (exact) mass is 441 g/mol. The fraction of sp³-hybridized carbons (Fsp3) is 0.0833. The second-order valence-electron chi connectivity index (χ2n) is 7.58. The van der Waals surface area contributed by atoms with Crippen molar-refractivity contribution in [2.24, 2.45) is 5.73 Å². The number of nitrogens with one attached hydrogen (secondary N) is 1. The van der Waals surface area contributed by atoms with E-state index in [0.717, 1.165) is 17.0 Å². The van der Waals surface area contributed by atoms with Gasteiger partial charge in [-0.3, -0.25) is 4.79 Å². The summed E-state index contributed by atoms with van der Waals surface area (Å²) in [5.41, 5.74) is 9.33. The van der Waals surface area contributed by atoms with Crippen LogP contribution in [0.1, 0.15) is 21.6 Å². The Bertz CT molecular complexity index is 1490. The molecule has 164 valence electrons. The number of hydrogen-bond donors (Lipinski definition) is 2. The molecule has 1 amide bonds. The Balaban J connectivity index is 1.59. The molecule has 0 atom stereocenters. The maximum Gasteiger partial charge on any atom is 0.252 e. The highest BCUT2D eigenvalue weighted by Crippen LogP contribution is 2.28. The summed E-state index contributed by atoms with van der Waals surface area (Å²) in [7, 11) is 0. The van der Waals surface area contributed by atoms with Crippen LogP contribution < -0.4 is 11.1 Å². The zero-order valence-corrected chi connectivity index (χ0v) is 17.7. The normalized spacial score (nSPS) is 11.1. The summed E-state index contributed by atoms with van der Waals surface area (Å²) >= 11 is 0. The lowest BCUT2D eigenvalue weighted by atomic mass is 10.1. The van der Waals surface area contributed by atoms with Gasteiger partial charge in [0.15, 0.2) is 5.82 Å². The number of nitrogens with zero attached hydrogens (tertiary/aromatic N) is 5. The third-order valence-corrected chi connectivity index (χ3v) is 5.30. The van der Waals surface area contributed by atoms with Crippen molar-refractivity contribution in [3.8, 4) is 17.1 Å². The third-order valence-electron chi connectivity index (χ3n) is 5.30. The van der Waals surface area contributed by atoms with Gasteiger partial charge >= 0.3 is 0 Å². The van der Waals surface area contributed by atoms with E-state index < -0.39 is 5.91 Å². The Morgan fingerprint density at radius 3 is 2.76 bits per heavy atom. The highest BCUT2D eigenvalue weighted by molar-refractivity contribution is 6.00. The number of halogens is 1. The number of anilines is 1. The van der Waals surface area contributed by atoms with Crippen LogP contribution in [0.4, 0.5) is 10.2 Å². The van der Waals surface area contributed by atoms with Crippen LogP contribution in [0.2, 0.25) is 0 Å². The first-order valence-corrected chi connectivity index (χ1v) is 10.3. The van der Waals surface area contributed by atoms with Crippen molar-refractivity contribution in [3.63, 3.8) is 0 Å². The minimum absolute atomic E-state index is 0.276. The standard InChI is InChI=1S/C24H20FN7O/c1-15-5-4-8-23(29-15)32-20(12-22(30-32)27-13-17-6-2-3-7-19(17)25)16-9-10-31-21(11-16)18(14-28-31)24(26)33/h2-12,14H,13H2,1H3,(H2,26,33)(H,27,30). The number of fused-ring (bicyclic) bond motifs is 1. The summed E-state index contributed by atoms with van der Waals surface area (Å²) in [6.07, 6.45) is 3.20. The predicted octanol–water partition coefficient (Wildman–Crippen LogP) is 3.74. The Hall–Kier alpha value is -4.53. The molecule has 0 aliphatic carbocycles. The molecule has 33 heavy (non-hydrogen) atoms. The van der Waals surface area contributed by atoms with Crippen molar-refractivity contribution < 1.29 is 9.18 Å². The van der Waals surface area contributed by atoms with Crippen LogP contribution in [-0.4, -0.2) is 30.3 Å². The first-order chi connectivity index (χ1) is 16.0. The van der Waals surface area contributed by atoms with Crippen molar-refractivity contribution >= 4 is 17.2 Å². The van der Waals surface area contributed by atoms with Gasteiger partial charge in [-0.25, -0.2) is 18.6 Å². The molecule has 0 bridgehead atoms. The molecule has 5 aromatic rings. The molecule has 0 fully saturated rings. The first kappa shape index (κ1) is 20.4. The quantitative estimate of drug-likeness (QED) is 0.418. The topological polar surface area (TPSA) is 103 Å². The highest BCUT2D eigenvalue weighted by Gasteiger charge is 2.16. The minimum Gasteiger partial charge on any atom is -0.365 e. The summed E-state index contributed by atoms with van der Waals surface area (Å²) in [6, 6.07) is 17.8. The molecule has 0 saturated carbocycles. The summed E-state index contributed by atoms with van der Waals surface area (Å²) in [5, 5.41) is 12.0. The Morgan fingerprint density at radius 1 is 1.12 bits per heavy atom. The van der Waals surface area contributed by atoms with Gasteiger partial charge in [0.1, 0.15) is 11.6 Å². The number of aryl methyl sites for hydroxylation is 1. The van der Waals surface area contributed by atoms with E-state index in [0.29, 0.717) is 28.3 Å². The predicted molar refractivity (Wildman–Crippen MR) is 123 cm³/mol. The van der Waals surface area contributed by atoms with Gasteiger partial charge < -0.3 is 11.1 Å². The molecule has 0 aliphatic heterocycles. The zero-order chi connectivity index (χ0) is 22.9. The van der Waals surface area contributed by atoms with Crippen molar-refractivity contribution in [2.45, 2.75) is 13.5 Å². The SMILES string of the molecule is Cc1cccc(-n2nc(NCc3ccccc3F)cc2-c2ccn3ncc(C(N)=O)c3c2)n1. The third kappa shape index (κ3) is 3.91. The molecule has 4 aromatic heterocycles. The van der Waals surface area contributed by atoms with E-state index in [2.05, 4.69) is 20.5 Å². The summed E-state index contributed by atoms with van der Waals surface area (Å²) < 4.78 is 17.4. The maximum absolute atomic E-state index is 14.1. The molecule has 8 nitrogen and oxygen atoms in total. The van der Waals surface area contributed by atoms with Crippen LogP contribution in [-0.2, 0) is 6.54 Å². The van der Waals surface area contributed by atoms with Gasteiger partial charge in [0.05, 0.1) is 23.0 Å². The number of aromatic nitrogens is 5. The number of nitrogens with two attached hydrogens (primary N) is 1. The number of amides is 1. The molecule has 0 radical (unpaired) electrons. The van der Waals surface area contributed by atoms with Crippen LogP contribution in [0.3, 0.4) is 0 Å². The largest absolute Gasteiger partial charge is 0.365 e. The van der Waals surface area contributed by atoms with Gasteiger partial charge in [-0.1, -0.05) is 24.3 Å². The number of benzene rings is 1. The lowest BCUT2D eigenvalue weighted by Crippen LogP contribution is -2.10. The van der Waals surface area contributed by atoms with E-state index >= 15 is 0 Å². The average Bonchev–Trinajstić information content (AvgIpc) is 3.42. The van der Waals surface area contributed by atoms with Gasteiger partial charge in [-0.15, -0.1) is 5.10 Å². The average molecular weight is 441 g/mol. The van der Waals surface area contributed by atoms with Gasteiger partial charge in [0.25, 0.3) is 5.91 Å². The molecule has 0 unspecified atom stereocenters. The molecule has 9 heteroatoms. The number of carbonyl (C=O) groups is 1. The summed E-state index contributed by atoms with van der Waals surface area (Å²) in [6.45, 7) is 2.18. The molecule has 5 rings (SSSR count). The minimum atomic E-state index is -0.553. The van der Waals surface area contributed by atoms with Crippen LogP contribution in [0, 0.1) is 12.7 Å². The fourth-order valence-corrected chi connectivity index (χ4v) is 3.65. The van der Waals surface area contributed by atoms with Crippen LogP contribution >= 0.6 is 0 Å². The van der Waals surface area contributed by atoms with Crippen LogP contribution in [0.25, 0.3) is 22.6 Å². The first-order valence-electron chi connectivity index (χ1n) is 10.3. The van der Waals surface area contributed by atoms with Crippen molar-refractivity contribution in [1.29, 1.82) is 0 Å². The molecule has 0 aliphatic rings. The molecule has 4 heterocycles. The van der Waals surface area contributed by atoms with E-state index in [-0.39, 0.29) is 12.4 Å². The second kappa shape index (κ2) is 8.19. The van der Waals surface area contributed by atoms with Gasteiger partial charge in [0, 0.05) is 35.6 Å². The molecular weight excluding hydrogens is 421 g/mol. The highest BCUT2D eigenvalue weighted by atomic mass is 19.1. The lowest BCUT2D eigenvalue weighted by molar-refractivity contribution is 0.100. The smallest absolute Gasteiger partial charge is 0.252 e. The number of hydrogen-bond acceptors (Lipinski definition) is 5. The molecule has 3 N–H and O–H groups in total. The van der Waals surface area contributed by atoms with Crippen molar-refractivity contribution in [3.05, 3.63) is 95.7 Å². The number of pyridine rings is 2. The van der Waals surface area contributed by atoms with E-state index in [1.54, 1.807) is 33.6 Å². The van der Waals surface area contributed by atoms with Crippen LogP contribution in [0.5, 0.6) is 0 Å². The maximum atomic E-state index is 14.1. The molecule has 1 aromatic carbocycles. The Kier molecular flexibility index (Phi) is 5.06. The van der Waals surface area contributed by atoms with Crippen molar-refractivity contribution in [2.75, 3.05) is 5.32 Å². The number of rotatable bonds is 6. The van der Waals surface area contributed by atoms with Gasteiger partial charge in [0.2, 0.25) is 0 Å². The van der Waals surface area contributed by atoms with E-state index in [4.69, 9.17) is 5.73 Å². The molecular formula is C24H20FN7O. The van der Waals surface area contributed by atoms with Crippen LogP contribution in [0.15, 0.2) is 73.1 Å². The van der Waals surface area contributed by atoms with E-state index in [9.17, 15) is 9.18 Å². The number of primary amides is 1. The van der Waals surface area contributed by atoms with Crippen molar-refractivity contribution in [1.82, 2.24) is 24.4 Å². The van der Waals surface area contributed by atoms with Gasteiger partial charge in [-0.05, 0) is 37.3 Å². The van der Waals surface area contributed by atoms with Gasteiger partial charge in [-0.2, -0.15) is 5.10 Å². The van der Waals surface area contributed by atoms with E-state index in [1.807, 2.05) is 43.3 Å². The Labute approximate surface area is 188 Å². The molecule has 0 saturated heterocycles. The molecule has 0 spiro atoms. The second-order valence-corrected chi connectivity index (χ2v) is 7.58. The summed E-state index contributed by atoms with van der Waals surface area (Å²) in [5.74, 6) is 0.353. The summed E-state index contributed by atoms with van der Waals surface area (Å²) in [4.78, 5) is 16.4. The fourth-order valence-electron chi connectivity index (χ4n) is 3.65. The Morgan fingerprint density at radius 2 is 1.97 bits per heavy atom.